The Bertz CT molecular complexity index is 595. The van der Waals surface area contributed by atoms with Gasteiger partial charge in [-0.2, -0.15) is 0 Å². The molecule has 1 N–H and O–H groups in total. The first-order valence-electron chi connectivity index (χ1n) is 8.23. The maximum atomic E-state index is 13.4. The number of hydrogen-bond donors (Lipinski definition) is 1. The minimum absolute atomic E-state index is 0.0316. The van der Waals surface area contributed by atoms with Crippen LogP contribution in [0.25, 0.3) is 0 Å². The van der Waals surface area contributed by atoms with Crippen molar-refractivity contribution in [2.24, 2.45) is 11.8 Å². The average molecular weight is 357 g/mol. The van der Waals surface area contributed by atoms with Gasteiger partial charge in [0, 0.05) is 45.2 Å². The molecule has 0 saturated carbocycles. The van der Waals surface area contributed by atoms with Gasteiger partial charge >= 0.3 is 0 Å². The van der Waals surface area contributed by atoms with E-state index in [9.17, 15) is 14.3 Å². The number of nitrogens with zero attached hydrogens (tertiary/aromatic N) is 2. The summed E-state index contributed by atoms with van der Waals surface area (Å²) >= 11 is 6.05. The largest absolute Gasteiger partial charge is 0.396 e. The molecule has 5 nitrogen and oxygen atoms in total. The van der Waals surface area contributed by atoms with E-state index in [1.54, 1.807) is 4.90 Å². The molecular formula is C17H22ClFN2O3. The number of aliphatic hydroxyl groups is 1. The van der Waals surface area contributed by atoms with Crippen LogP contribution in [-0.4, -0.2) is 73.4 Å². The smallest absolute Gasteiger partial charge is 0.255 e. The van der Waals surface area contributed by atoms with Gasteiger partial charge < -0.3 is 14.7 Å². The number of aliphatic hydroxyl groups excluding tert-OH is 1. The minimum atomic E-state index is -0.481. The highest BCUT2D eigenvalue weighted by molar-refractivity contribution is 6.33. The lowest BCUT2D eigenvalue weighted by molar-refractivity contribution is 0.0264. The number of carbonyl (C=O) groups excluding carboxylic acids is 1. The second-order valence-corrected chi connectivity index (χ2v) is 6.86. The van der Waals surface area contributed by atoms with Crippen molar-refractivity contribution in [1.82, 2.24) is 9.80 Å². The highest BCUT2D eigenvalue weighted by atomic mass is 35.5. The number of benzene rings is 1. The molecule has 0 aliphatic carbocycles. The Labute approximate surface area is 145 Å². The Hall–Kier alpha value is -1.21. The molecule has 0 spiro atoms. The lowest BCUT2D eigenvalue weighted by atomic mass is 9.96. The summed E-state index contributed by atoms with van der Waals surface area (Å²) < 4.78 is 18.8. The normalized spacial score (nSPS) is 25.2. The van der Waals surface area contributed by atoms with Gasteiger partial charge in [0.2, 0.25) is 0 Å². The molecule has 2 aliphatic rings. The van der Waals surface area contributed by atoms with Crippen LogP contribution < -0.4 is 0 Å². The second kappa shape index (κ2) is 7.78. The molecule has 132 valence electrons. The van der Waals surface area contributed by atoms with Crippen molar-refractivity contribution in [1.29, 1.82) is 0 Å². The quantitative estimate of drug-likeness (QED) is 0.888. The minimum Gasteiger partial charge on any atom is -0.396 e. The number of rotatable bonds is 4. The SMILES string of the molecule is O=C(c1cc(F)ccc1Cl)N1C[C@@H](CO)[C@@H](CN2CCOCC2)C1. The van der Waals surface area contributed by atoms with Crippen LogP contribution in [0.4, 0.5) is 4.39 Å². The maximum absolute atomic E-state index is 13.4. The van der Waals surface area contributed by atoms with Crippen molar-refractivity contribution < 1.29 is 19.0 Å². The van der Waals surface area contributed by atoms with Gasteiger partial charge in [0.05, 0.1) is 23.8 Å². The van der Waals surface area contributed by atoms with Crippen LogP contribution in [0, 0.1) is 17.7 Å². The molecule has 2 atom stereocenters. The highest BCUT2D eigenvalue weighted by Crippen LogP contribution is 2.28. The van der Waals surface area contributed by atoms with E-state index in [2.05, 4.69) is 4.90 Å². The first-order valence-corrected chi connectivity index (χ1v) is 8.61. The van der Waals surface area contributed by atoms with E-state index in [4.69, 9.17) is 16.3 Å². The van der Waals surface area contributed by atoms with Crippen molar-refractivity contribution in [3.63, 3.8) is 0 Å². The van der Waals surface area contributed by atoms with Crippen molar-refractivity contribution >= 4 is 17.5 Å². The molecule has 2 fully saturated rings. The van der Waals surface area contributed by atoms with Gasteiger partial charge in [0.1, 0.15) is 5.82 Å². The fraction of sp³-hybridized carbons (Fsp3) is 0.588. The van der Waals surface area contributed by atoms with Crippen molar-refractivity contribution in [3.8, 4) is 0 Å². The summed E-state index contributed by atoms with van der Waals surface area (Å²) in [6.07, 6.45) is 0. The zero-order valence-electron chi connectivity index (χ0n) is 13.5. The third-order valence-corrected chi connectivity index (χ3v) is 5.18. The molecule has 3 rings (SSSR count). The second-order valence-electron chi connectivity index (χ2n) is 6.45. The summed E-state index contributed by atoms with van der Waals surface area (Å²) in [6, 6.07) is 3.81. The molecule has 2 aliphatic heterocycles. The number of carbonyl (C=O) groups is 1. The van der Waals surface area contributed by atoms with E-state index < -0.39 is 5.82 Å². The predicted octanol–water partition coefficient (Wildman–Crippen LogP) is 1.49. The standard InChI is InChI=1S/C17H22ClFN2O3/c18-16-2-1-14(19)7-15(16)17(23)21-9-12(13(10-21)11-22)8-20-3-5-24-6-4-20/h1-2,7,12-13,22H,3-6,8-11H2/t12-,13-/m0/s1. The van der Waals surface area contributed by atoms with Crippen LogP contribution >= 0.6 is 11.6 Å². The maximum Gasteiger partial charge on any atom is 0.255 e. The van der Waals surface area contributed by atoms with E-state index in [-0.39, 0.29) is 34.9 Å². The topological polar surface area (TPSA) is 53.0 Å². The molecule has 0 unspecified atom stereocenters. The number of morpholine rings is 1. The molecule has 0 bridgehead atoms. The first kappa shape index (κ1) is 17.6. The molecule has 0 radical (unpaired) electrons. The van der Waals surface area contributed by atoms with E-state index in [1.807, 2.05) is 0 Å². The van der Waals surface area contributed by atoms with Gasteiger partial charge in [0.15, 0.2) is 0 Å². The lowest BCUT2D eigenvalue weighted by Gasteiger charge is -2.30. The van der Waals surface area contributed by atoms with Gasteiger partial charge in [-0.25, -0.2) is 4.39 Å². The van der Waals surface area contributed by atoms with Gasteiger partial charge in [-0.1, -0.05) is 11.6 Å². The van der Waals surface area contributed by atoms with Gasteiger partial charge in [-0.3, -0.25) is 9.69 Å². The van der Waals surface area contributed by atoms with E-state index >= 15 is 0 Å². The third kappa shape index (κ3) is 3.88. The monoisotopic (exact) mass is 356 g/mol. The van der Waals surface area contributed by atoms with Crippen molar-refractivity contribution in [2.75, 3.05) is 52.5 Å². The zero-order valence-corrected chi connectivity index (χ0v) is 14.2. The van der Waals surface area contributed by atoms with Crippen LogP contribution in [0.1, 0.15) is 10.4 Å². The molecule has 1 aromatic rings. The Kier molecular flexibility index (Phi) is 5.71. The Balaban J connectivity index is 1.68. The Morgan fingerprint density at radius 2 is 2.00 bits per heavy atom. The van der Waals surface area contributed by atoms with Crippen LogP contribution in [0.3, 0.4) is 0 Å². The average Bonchev–Trinajstić information content (AvgIpc) is 3.00. The summed E-state index contributed by atoms with van der Waals surface area (Å²) in [6.45, 7) is 5.07. The summed E-state index contributed by atoms with van der Waals surface area (Å²) in [4.78, 5) is 16.7. The van der Waals surface area contributed by atoms with Crippen LogP contribution in [0.5, 0.6) is 0 Å². The number of likely N-dealkylation sites (tertiary alicyclic amines) is 1. The Morgan fingerprint density at radius 1 is 1.29 bits per heavy atom. The summed E-state index contributed by atoms with van der Waals surface area (Å²) in [7, 11) is 0. The molecule has 2 heterocycles. The van der Waals surface area contributed by atoms with Crippen LogP contribution in [0.2, 0.25) is 5.02 Å². The van der Waals surface area contributed by atoms with Crippen molar-refractivity contribution in [3.05, 3.63) is 34.6 Å². The summed E-state index contributed by atoms with van der Waals surface area (Å²) in [5.41, 5.74) is 0.181. The lowest BCUT2D eigenvalue weighted by Crippen LogP contribution is -2.41. The fourth-order valence-electron chi connectivity index (χ4n) is 3.47. The molecule has 2 saturated heterocycles. The Morgan fingerprint density at radius 3 is 2.71 bits per heavy atom. The number of halogens is 2. The third-order valence-electron chi connectivity index (χ3n) is 4.85. The van der Waals surface area contributed by atoms with E-state index in [0.29, 0.717) is 13.1 Å². The summed E-state index contributed by atoms with van der Waals surface area (Å²) in [5.74, 6) is -0.526. The first-order chi connectivity index (χ1) is 11.6. The molecular weight excluding hydrogens is 335 g/mol. The van der Waals surface area contributed by atoms with Gasteiger partial charge in [0.25, 0.3) is 5.91 Å². The van der Waals surface area contributed by atoms with Gasteiger partial charge in [-0.15, -0.1) is 0 Å². The van der Waals surface area contributed by atoms with Crippen LogP contribution in [-0.2, 0) is 4.74 Å². The molecule has 24 heavy (non-hydrogen) atoms. The molecule has 1 amide bonds. The number of ether oxygens (including phenoxy) is 1. The molecule has 7 heteroatoms. The molecule has 0 aromatic heterocycles. The van der Waals surface area contributed by atoms with Crippen molar-refractivity contribution in [2.45, 2.75) is 0 Å². The van der Waals surface area contributed by atoms with E-state index in [1.165, 1.54) is 18.2 Å². The number of amides is 1. The van der Waals surface area contributed by atoms with Crippen LogP contribution in [0.15, 0.2) is 18.2 Å². The predicted molar refractivity (Wildman–Crippen MR) is 88.6 cm³/mol. The summed E-state index contributed by atoms with van der Waals surface area (Å²) in [5, 5.41) is 9.92. The molecule has 1 aromatic carbocycles. The number of hydrogen-bond acceptors (Lipinski definition) is 4. The van der Waals surface area contributed by atoms with Gasteiger partial charge in [-0.05, 0) is 24.1 Å². The van der Waals surface area contributed by atoms with E-state index in [0.717, 1.165) is 32.8 Å². The fourth-order valence-corrected chi connectivity index (χ4v) is 3.66. The highest BCUT2D eigenvalue weighted by Gasteiger charge is 2.36. The zero-order chi connectivity index (χ0) is 17.1.